The topological polar surface area (TPSA) is 60.9 Å². The van der Waals surface area contributed by atoms with Crippen molar-refractivity contribution >= 4 is 21.6 Å². The van der Waals surface area contributed by atoms with Crippen LogP contribution in [0.4, 0.5) is 5.69 Å². The van der Waals surface area contributed by atoms with Crippen LogP contribution >= 0.6 is 0 Å². The Kier molecular flexibility index (Phi) is 5.84. The van der Waals surface area contributed by atoms with E-state index in [4.69, 9.17) is 0 Å². The van der Waals surface area contributed by atoms with E-state index >= 15 is 0 Å². The van der Waals surface area contributed by atoms with Crippen molar-refractivity contribution in [1.29, 1.82) is 0 Å². The van der Waals surface area contributed by atoms with Gasteiger partial charge in [-0.1, -0.05) is 30.7 Å². The Labute approximate surface area is 179 Å². The summed E-state index contributed by atoms with van der Waals surface area (Å²) >= 11 is 0. The van der Waals surface area contributed by atoms with Crippen LogP contribution in [0.15, 0.2) is 47.4 Å². The molecule has 0 aromatic heterocycles. The first-order valence-corrected chi connectivity index (χ1v) is 12.0. The van der Waals surface area contributed by atoms with E-state index in [1.807, 2.05) is 30.1 Å². The van der Waals surface area contributed by atoms with Gasteiger partial charge in [-0.2, -0.15) is 4.31 Å². The summed E-state index contributed by atoms with van der Waals surface area (Å²) in [6, 6.07) is 13.2. The van der Waals surface area contributed by atoms with Crippen LogP contribution in [0.25, 0.3) is 0 Å². The van der Waals surface area contributed by atoms with Crippen molar-refractivity contribution in [2.75, 3.05) is 38.1 Å². The normalized spacial score (nSPS) is 18.1. The predicted molar refractivity (Wildman–Crippen MR) is 118 cm³/mol. The number of fused-ring (bicyclic) bond motifs is 1. The number of carbonyl (C=O) groups excluding carboxylic acids is 1. The van der Waals surface area contributed by atoms with Crippen molar-refractivity contribution in [3.05, 3.63) is 59.2 Å². The summed E-state index contributed by atoms with van der Waals surface area (Å²) in [5.74, 6) is -0.129. The van der Waals surface area contributed by atoms with Crippen LogP contribution in [0.3, 0.4) is 0 Å². The fourth-order valence-corrected chi connectivity index (χ4v) is 6.07. The van der Waals surface area contributed by atoms with E-state index in [-0.39, 0.29) is 10.8 Å². The van der Waals surface area contributed by atoms with Gasteiger partial charge in [0.15, 0.2) is 0 Å². The standard InChI is InChI=1S/C23H29N3O3S/c1-18-10-11-19(16-22(18)30(28,29)26-12-6-3-7-13-26)23(27)25-15-14-24(2)21-9-5-4-8-20(21)17-25/h4-5,8-11,16H,3,6-7,12-15,17H2,1-2H3. The van der Waals surface area contributed by atoms with Crippen LogP contribution in [0.1, 0.15) is 40.7 Å². The zero-order valence-electron chi connectivity index (χ0n) is 17.7. The average molecular weight is 428 g/mol. The minimum Gasteiger partial charge on any atom is -0.373 e. The number of anilines is 1. The molecule has 0 saturated carbocycles. The number of benzene rings is 2. The van der Waals surface area contributed by atoms with E-state index in [1.165, 1.54) is 0 Å². The molecule has 2 heterocycles. The van der Waals surface area contributed by atoms with E-state index in [9.17, 15) is 13.2 Å². The highest BCUT2D eigenvalue weighted by Crippen LogP contribution is 2.27. The summed E-state index contributed by atoms with van der Waals surface area (Å²) < 4.78 is 28.0. The largest absolute Gasteiger partial charge is 0.373 e. The van der Waals surface area contributed by atoms with Crippen molar-refractivity contribution in [3.63, 3.8) is 0 Å². The SMILES string of the molecule is Cc1ccc(C(=O)N2CCN(C)c3ccccc3C2)cc1S(=O)(=O)N1CCCCC1. The number of para-hydroxylation sites is 1. The molecule has 2 aliphatic heterocycles. The fraction of sp³-hybridized carbons (Fsp3) is 0.435. The summed E-state index contributed by atoms with van der Waals surface area (Å²) in [6.45, 7) is 4.73. The van der Waals surface area contributed by atoms with Gasteiger partial charge in [0.2, 0.25) is 10.0 Å². The summed E-state index contributed by atoms with van der Waals surface area (Å²) in [4.78, 5) is 17.6. The van der Waals surface area contributed by atoms with Crippen LogP contribution in [0.2, 0.25) is 0 Å². The van der Waals surface area contributed by atoms with Gasteiger partial charge in [-0.3, -0.25) is 4.79 Å². The lowest BCUT2D eigenvalue weighted by molar-refractivity contribution is 0.0751. The molecule has 0 atom stereocenters. The number of sulfonamides is 1. The first kappa shape index (κ1) is 20.9. The molecule has 30 heavy (non-hydrogen) atoms. The predicted octanol–water partition coefficient (Wildman–Crippen LogP) is 3.26. The molecule has 2 aromatic rings. The molecular weight excluding hydrogens is 398 g/mol. The molecule has 0 aliphatic carbocycles. The Bertz CT molecular complexity index is 1050. The molecule has 0 N–H and O–H groups in total. The summed E-state index contributed by atoms with van der Waals surface area (Å²) in [6.07, 6.45) is 2.84. The van der Waals surface area contributed by atoms with Gasteiger partial charge in [0.1, 0.15) is 0 Å². The van der Waals surface area contributed by atoms with Crippen molar-refractivity contribution in [2.24, 2.45) is 0 Å². The van der Waals surface area contributed by atoms with Crippen molar-refractivity contribution in [3.8, 4) is 0 Å². The molecule has 0 spiro atoms. The Balaban J connectivity index is 1.63. The zero-order chi connectivity index (χ0) is 21.3. The molecule has 1 fully saturated rings. The highest BCUT2D eigenvalue weighted by molar-refractivity contribution is 7.89. The van der Waals surface area contributed by atoms with E-state index in [0.29, 0.717) is 37.3 Å². The van der Waals surface area contributed by atoms with Crippen LogP contribution in [-0.2, 0) is 16.6 Å². The first-order chi connectivity index (χ1) is 14.4. The maximum absolute atomic E-state index is 13.3. The third-order valence-corrected chi connectivity index (χ3v) is 8.17. The van der Waals surface area contributed by atoms with E-state index in [2.05, 4.69) is 11.0 Å². The molecule has 160 valence electrons. The molecule has 0 radical (unpaired) electrons. The molecule has 0 bridgehead atoms. The molecule has 2 aromatic carbocycles. The Morgan fingerprint density at radius 2 is 1.67 bits per heavy atom. The number of aryl methyl sites for hydroxylation is 1. The van der Waals surface area contributed by atoms with Gasteiger partial charge in [-0.15, -0.1) is 0 Å². The molecule has 1 amide bonds. The monoisotopic (exact) mass is 427 g/mol. The lowest BCUT2D eigenvalue weighted by Gasteiger charge is -2.27. The molecule has 1 saturated heterocycles. The number of hydrogen-bond acceptors (Lipinski definition) is 4. The number of nitrogens with zero attached hydrogens (tertiary/aromatic N) is 3. The highest BCUT2D eigenvalue weighted by atomic mass is 32.2. The van der Waals surface area contributed by atoms with Crippen molar-refractivity contribution < 1.29 is 13.2 Å². The van der Waals surface area contributed by atoms with Gasteiger partial charge in [-0.05, 0) is 49.1 Å². The third-order valence-electron chi connectivity index (χ3n) is 6.12. The minimum absolute atomic E-state index is 0.129. The average Bonchev–Trinajstić information content (AvgIpc) is 2.93. The first-order valence-electron chi connectivity index (χ1n) is 10.6. The molecule has 2 aliphatic rings. The summed E-state index contributed by atoms with van der Waals surface area (Å²) in [5.41, 5.74) is 3.33. The smallest absolute Gasteiger partial charge is 0.254 e. The molecule has 0 unspecified atom stereocenters. The minimum atomic E-state index is -3.59. The van der Waals surface area contributed by atoms with E-state index < -0.39 is 10.0 Å². The second-order valence-corrected chi connectivity index (χ2v) is 10.1. The summed E-state index contributed by atoms with van der Waals surface area (Å²) in [7, 11) is -1.56. The van der Waals surface area contributed by atoms with Crippen LogP contribution < -0.4 is 4.90 Å². The van der Waals surface area contributed by atoms with Gasteiger partial charge in [0, 0.05) is 51.0 Å². The van der Waals surface area contributed by atoms with Crippen LogP contribution in [-0.4, -0.2) is 56.8 Å². The maximum atomic E-state index is 13.3. The number of hydrogen-bond donors (Lipinski definition) is 0. The summed E-state index contributed by atoms with van der Waals surface area (Å²) in [5, 5.41) is 0. The van der Waals surface area contributed by atoms with Crippen molar-refractivity contribution in [1.82, 2.24) is 9.21 Å². The number of rotatable bonds is 3. The fourth-order valence-electron chi connectivity index (χ4n) is 4.30. The molecule has 4 rings (SSSR count). The molecular formula is C23H29N3O3S. The van der Waals surface area contributed by atoms with E-state index in [0.717, 1.165) is 37.1 Å². The Hall–Kier alpha value is -2.38. The number of piperidine rings is 1. The van der Waals surface area contributed by atoms with Gasteiger partial charge in [-0.25, -0.2) is 8.42 Å². The van der Waals surface area contributed by atoms with Gasteiger partial charge in [0.05, 0.1) is 4.90 Å². The Morgan fingerprint density at radius 1 is 0.933 bits per heavy atom. The second-order valence-electron chi connectivity index (χ2n) is 8.22. The second kappa shape index (κ2) is 8.40. The molecule has 6 nitrogen and oxygen atoms in total. The third kappa shape index (κ3) is 3.96. The van der Waals surface area contributed by atoms with Gasteiger partial charge >= 0.3 is 0 Å². The highest BCUT2D eigenvalue weighted by Gasteiger charge is 2.29. The van der Waals surface area contributed by atoms with Gasteiger partial charge < -0.3 is 9.80 Å². The van der Waals surface area contributed by atoms with E-state index in [1.54, 1.807) is 29.4 Å². The number of carbonyl (C=O) groups is 1. The van der Waals surface area contributed by atoms with Gasteiger partial charge in [0.25, 0.3) is 5.91 Å². The van der Waals surface area contributed by atoms with Crippen LogP contribution in [0, 0.1) is 6.92 Å². The Morgan fingerprint density at radius 3 is 2.43 bits per heavy atom. The van der Waals surface area contributed by atoms with Crippen LogP contribution in [0.5, 0.6) is 0 Å². The van der Waals surface area contributed by atoms with Crippen molar-refractivity contribution in [2.45, 2.75) is 37.6 Å². The number of likely N-dealkylation sites (N-methyl/N-ethyl adjacent to an activating group) is 1. The lowest BCUT2D eigenvalue weighted by Crippen LogP contribution is -2.36. The maximum Gasteiger partial charge on any atom is 0.254 e. The number of amides is 1. The zero-order valence-corrected chi connectivity index (χ0v) is 18.5. The lowest BCUT2D eigenvalue weighted by atomic mass is 10.1. The molecule has 7 heteroatoms. The quantitative estimate of drug-likeness (QED) is 0.754.